The van der Waals surface area contributed by atoms with Gasteiger partial charge in [-0.1, -0.05) is 0 Å². The maximum absolute atomic E-state index is 12.7. The minimum atomic E-state index is -0.0527. The first-order valence-electron chi connectivity index (χ1n) is 9.28. The smallest absolute Gasteiger partial charge is 0.228 e. The summed E-state index contributed by atoms with van der Waals surface area (Å²) in [4.78, 5) is 27.5. The van der Waals surface area contributed by atoms with Crippen molar-refractivity contribution in [2.45, 2.75) is 26.7 Å². The SMILES string of the molecule is Cc1ccc(N2CCC(C(=O)Nc3cc(-n4ccnc4C)ncn3)CC2)nn1. The Hall–Kier alpha value is -3.36. The van der Waals surface area contributed by atoms with E-state index >= 15 is 0 Å². The lowest BCUT2D eigenvalue weighted by Gasteiger charge is -2.31. The molecule has 9 nitrogen and oxygen atoms in total. The number of aromatic nitrogens is 6. The molecule has 4 heterocycles. The van der Waals surface area contributed by atoms with E-state index < -0.39 is 0 Å². The van der Waals surface area contributed by atoms with Crippen molar-refractivity contribution in [1.29, 1.82) is 0 Å². The fourth-order valence-electron chi connectivity index (χ4n) is 3.33. The number of rotatable bonds is 4. The summed E-state index contributed by atoms with van der Waals surface area (Å²) in [7, 11) is 0. The van der Waals surface area contributed by atoms with Crippen LogP contribution < -0.4 is 10.2 Å². The molecule has 3 aromatic heterocycles. The summed E-state index contributed by atoms with van der Waals surface area (Å²) in [5.41, 5.74) is 0.896. The summed E-state index contributed by atoms with van der Waals surface area (Å²) in [6.45, 7) is 5.37. The minimum absolute atomic E-state index is 0.0124. The summed E-state index contributed by atoms with van der Waals surface area (Å²) in [6, 6.07) is 5.68. The molecule has 4 rings (SSSR count). The monoisotopic (exact) mass is 378 g/mol. The summed E-state index contributed by atoms with van der Waals surface area (Å²) in [6.07, 6.45) is 6.51. The van der Waals surface area contributed by atoms with Crippen LogP contribution in [-0.4, -0.2) is 48.7 Å². The number of hydrogen-bond donors (Lipinski definition) is 1. The van der Waals surface area contributed by atoms with Crippen LogP contribution >= 0.6 is 0 Å². The van der Waals surface area contributed by atoms with Crippen LogP contribution in [0.5, 0.6) is 0 Å². The second-order valence-corrected chi connectivity index (χ2v) is 6.89. The van der Waals surface area contributed by atoms with Crippen LogP contribution in [0.2, 0.25) is 0 Å². The Morgan fingerprint density at radius 3 is 2.57 bits per heavy atom. The molecule has 28 heavy (non-hydrogen) atoms. The third-order valence-corrected chi connectivity index (χ3v) is 4.95. The molecule has 1 fully saturated rings. The highest BCUT2D eigenvalue weighted by atomic mass is 16.1. The Balaban J connectivity index is 1.37. The third kappa shape index (κ3) is 3.83. The number of piperidine rings is 1. The molecule has 0 aliphatic carbocycles. The average molecular weight is 378 g/mol. The molecule has 0 aromatic carbocycles. The first-order chi connectivity index (χ1) is 13.6. The van der Waals surface area contributed by atoms with Crippen molar-refractivity contribution in [2.75, 3.05) is 23.3 Å². The maximum Gasteiger partial charge on any atom is 0.228 e. The Morgan fingerprint density at radius 2 is 1.89 bits per heavy atom. The molecule has 1 N–H and O–H groups in total. The largest absolute Gasteiger partial charge is 0.355 e. The zero-order chi connectivity index (χ0) is 19.5. The lowest BCUT2D eigenvalue weighted by Crippen LogP contribution is -2.38. The van der Waals surface area contributed by atoms with Crippen molar-refractivity contribution < 1.29 is 4.79 Å². The van der Waals surface area contributed by atoms with Gasteiger partial charge < -0.3 is 10.2 Å². The number of anilines is 2. The number of nitrogens with zero attached hydrogens (tertiary/aromatic N) is 7. The van der Waals surface area contributed by atoms with Crippen molar-refractivity contribution in [3.63, 3.8) is 0 Å². The zero-order valence-electron chi connectivity index (χ0n) is 15.9. The van der Waals surface area contributed by atoms with E-state index in [0.29, 0.717) is 11.6 Å². The second kappa shape index (κ2) is 7.71. The van der Waals surface area contributed by atoms with Crippen molar-refractivity contribution >= 4 is 17.5 Å². The van der Waals surface area contributed by atoms with Gasteiger partial charge in [0.05, 0.1) is 5.69 Å². The van der Waals surface area contributed by atoms with Crippen molar-refractivity contribution in [1.82, 2.24) is 29.7 Å². The van der Waals surface area contributed by atoms with E-state index in [0.717, 1.165) is 43.3 Å². The lowest BCUT2D eigenvalue weighted by molar-refractivity contribution is -0.120. The fraction of sp³-hybridized carbons (Fsp3) is 0.368. The third-order valence-electron chi connectivity index (χ3n) is 4.95. The fourth-order valence-corrected chi connectivity index (χ4v) is 3.33. The quantitative estimate of drug-likeness (QED) is 0.740. The van der Waals surface area contributed by atoms with E-state index in [1.807, 2.05) is 36.7 Å². The zero-order valence-corrected chi connectivity index (χ0v) is 15.9. The van der Waals surface area contributed by atoms with E-state index in [9.17, 15) is 4.79 Å². The number of carbonyl (C=O) groups excluding carboxylic acids is 1. The van der Waals surface area contributed by atoms with Gasteiger partial charge in [-0.3, -0.25) is 9.36 Å². The molecule has 1 aliphatic rings. The Kier molecular flexibility index (Phi) is 4.96. The molecular weight excluding hydrogens is 356 g/mol. The van der Waals surface area contributed by atoms with Crippen LogP contribution in [0.25, 0.3) is 5.82 Å². The predicted molar refractivity (Wildman–Crippen MR) is 104 cm³/mol. The van der Waals surface area contributed by atoms with Gasteiger partial charge in [0.1, 0.15) is 23.8 Å². The highest BCUT2D eigenvalue weighted by Crippen LogP contribution is 2.23. The predicted octanol–water partition coefficient (Wildman–Crippen LogP) is 1.92. The molecule has 1 saturated heterocycles. The van der Waals surface area contributed by atoms with Gasteiger partial charge in [0, 0.05) is 37.5 Å². The summed E-state index contributed by atoms with van der Waals surface area (Å²) < 4.78 is 1.85. The Bertz CT molecular complexity index is 960. The molecule has 1 aliphatic heterocycles. The molecule has 0 unspecified atom stereocenters. The topological polar surface area (TPSA) is 102 Å². The number of nitrogens with one attached hydrogen (secondary N) is 1. The molecule has 9 heteroatoms. The lowest BCUT2D eigenvalue weighted by atomic mass is 9.96. The number of imidazole rings is 1. The van der Waals surface area contributed by atoms with Crippen LogP contribution in [0.15, 0.2) is 36.9 Å². The second-order valence-electron chi connectivity index (χ2n) is 6.89. The van der Waals surface area contributed by atoms with Gasteiger partial charge in [-0.05, 0) is 38.8 Å². The highest BCUT2D eigenvalue weighted by Gasteiger charge is 2.26. The Morgan fingerprint density at radius 1 is 1.07 bits per heavy atom. The molecular formula is C19H22N8O. The molecule has 1 amide bonds. The number of hydrogen-bond acceptors (Lipinski definition) is 7. The minimum Gasteiger partial charge on any atom is -0.355 e. The molecule has 3 aromatic rings. The summed E-state index contributed by atoms with van der Waals surface area (Å²) >= 11 is 0. The van der Waals surface area contributed by atoms with Crippen molar-refractivity contribution in [2.24, 2.45) is 5.92 Å². The molecule has 0 bridgehead atoms. The first kappa shape index (κ1) is 18.0. The summed E-state index contributed by atoms with van der Waals surface area (Å²) in [5, 5.41) is 11.3. The normalized spacial score (nSPS) is 14.9. The molecule has 0 spiro atoms. The van der Waals surface area contributed by atoms with E-state index in [-0.39, 0.29) is 11.8 Å². The number of amides is 1. The first-order valence-corrected chi connectivity index (χ1v) is 9.28. The molecule has 0 saturated carbocycles. The van der Waals surface area contributed by atoms with Gasteiger partial charge in [0.15, 0.2) is 5.82 Å². The number of aryl methyl sites for hydroxylation is 2. The van der Waals surface area contributed by atoms with Crippen molar-refractivity contribution in [3.8, 4) is 5.82 Å². The molecule has 144 valence electrons. The van der Waals surface area contributed by atoms with E-state index in [2.05, 4.69) is 35.4 Å². The van der Waals surface area contributed by atoms with E-state index in [4.69, 9.17) is 0 Å². The van der Waals surface area contributed by atoms with Crippen molar-refractivity contribution in [3.05, 3.63) is 48.4 Å². The maximum atomic E-state index is 12.7. The van der Waals surface area contributed by atoms with Crippen LogP contribution in [0.4, 0.5) is 11.6 Å². The highest BCUT2D eigenvalue weighted by molar-refractivity contribution is 5.92. The standard InChI is InChI=1S/C19H22N8O/c1-13-3-4-17(25-24-13)26-8-5-15(6-9-26)19(28)23-16-11-18(22-12-21-16)27-10-7-20-14(27)2/h3-4,7,10-12,15H,5-6,8-9H2,1-2H3,(H,21,22,23,28). The van der Waals surface area contributed by atoms with Crippen LogP contribution in [-0.2, 0) is 4.79 Å². The number of carbonyl (C=O) groups is 1. The average Bonchev–Trinajstić information content (AvgIpc) is 3.15. The van der Waals surface area contributed by atoms with Crippen LogP contribution in [0.3, 0.4) is 0 Å². The molecule has 0 atom stereocenters. The summed E-state index contributed by atoms with van der Waals surface area (Å²) in [5.74, 6) is 2.79. The molecule has 0 radical (unpaired) electrons. The van der Waals surface area contributed by atoms with Gasteiger partial charge in [-0.15, -0.1) is 5.10 Å². The van der Waals surface area contributed by atoms with Crippen LogP contribution in [0.1, 0.15) is 24.4 Å². The van der Waals surface area contributed by atoms with E-state index in [1.165, 1.54) is 6.33 Å². The Labute approximate surface area is 162 Å². The van der Waals surface area contributed by atoms with Gasteiger partial charge in [-0.2, -0.15) is 5.10 Å². The van der Waals surface area contributed by atoms with Gasteiger partial charge in [0.2, 0.25) is 5.91 Å². The van der Waals surface area contributed by atoms with Gasteiger partial charge in [0.25, 0.3) is 0 Å². The van der Waals surface area contributed by atoms with Gasteiger partial charge in [-0.25, -0.2) is 15.0 Å². The van der Waals surface area contributed by atoms with E-state index in [1.54, 1.807) is 12.3 Å². The van der Waals surface area contributed by atoms with Crippen LogP contribution in [0, 0.1) is 19.8 Å². The van der Waals surface area contributed by atoms with Gasteiger partial charge >= 0.3 is 0 Å².